The Balaban J connectivity index is 2.28. The quantitative estimate of drug-likeness (QED) is 0.628. The van der Waals surface area contributed by atoms with Crippen LogP contribution in [0.3, 0.4) is 0 Å². The van der Waals surface area contributed by atoms with E-state index in [1.165, 1.54) is 0 Å². The molecule has 1 aromatic heterocycles. The van der Waals surface area contributed by atoms with Crippen LogP contribution in [0.1, 0.15) is 6.42 Å². The molecule has 1 rings (SSSR count). The molecule has 0 radical (unpaired) electrons. The third-order valence-electron chi connectivity index (χ3n) is 1.14. The third kappa shape index (κ3) is 2.95. The highest BCUT2D eigenvalue weighted by atomic mass is 16.5. The normalized spacial score (nSPS) is 9.55. The lowest BCUT2D eigenvalue weighted by Gasteiger charge is -2.01. The van der Waals surface area contributed by atoms with Gasteiger partial charge in [-0.3, -0.25) is 4.98 Å². The summed E-state index contributed by atoms with van der Waals surface area (Å²) in [6.45, 7) is 1.25. The number of nitrogens with two attached hydrogens (primary N) is 1. The van der Waals surface area contributed by atoms with Gasteiger partial charge in [0.25, 0.3) is 0 Å². The number of ether oxygens (including phenoxy) is 1. The summed E-state index contributed by atoms with van der Waals surface area (Å²) < 4.78 is 5.19. The average molecular weight is 153 g/mol. The van der Waals surface area contributed by atoms with Crippen molar-refractivity contribution in [1.29, 1.82) is 0 Å². The number of rotatable bonds is 4. The van der Waals surface area contributed by atoms with E-state index in [1.54, 1.807) is 18.6 Å². The SMILES string of the molecule is NCCCOc1cnccn1. The average Bonchev–Trinajstić information content (AvgIpc) is 2.07. The summed E-state index contributed by atoms with van der Waals surface area (Å²) in [5, 5.41) is 0. The molecule has 2 N–H and O–H groups in total. The number of aromatic nitrogens is 2. The maximum Gasteiger partial charge on any atom is 0.232 e. The van der Waals surface area contributed by atoms with E-state index < -0.39 is 0 Å². The molecule has 11 heavy (non-hydrogen) atoms. The maximum atomic E-state index is 5.28. The summed E-state index contributed by atoms with van der Waals surface area (Å²) in [5.74, 6) is 0.556. The highest BCUT2D eigenvalue weighted by molar-refractivity contribution is 5.00. The molecule has 1 heterocycles. The Hall–Kier alpha value is -1.16. The molecule has 0 aliphatic heterocycles. The van der Waals surface area contributed by atoms with E-state index in [9.17, 15) is 0 Å². The largest absolute Gasteiger partial charge is 0.477 e. The second kappa shape index (κ2) is 4.62. The van der Waals surface area contributed by atoms with Crippen LogP contribution in [0, 0.1) is 0 Å². The molecule has 0 aliphatic rings. The van der Waals surface area contributed by atoms with Crippen molar-refractivity contribution in [3.63, 3.8) is 0 Å². The van der Waals surface area contributed by atoms with Gasteiger partial charge >= 0.3 is 0 Å². The van der Waals surface area contributed by atoms with Crippen molar-refractivity contribution in [3.8, 4) is 5.88 Å². The van der Waals surface area contributed by atoms with Crippen LogP contribution in [0.15, 0.2) is 18.6 Å². The van der Waals surface area contributed by atoms with Crippen LogP contribution >= 0.6 is 0 Å². The van der Waals surface area contributed by atoms with E-state index >= 15 is 0 Å². The molecule has 0 unspecified atom stereocenters. The highest BCUT2D eigenvalue weighted by Gasteiger charge is 1.90. The minimum Gasteiger partial charge on any atom is -0.477 e. The predicted molar refractivity (Wildman–Crippen MR) is 41.2 cm³/mol. The van der Waals surface area contributed by atoms with Crippen LogP contribution in [0.4, 0.5) is 0 Å². The fourth-order valence-electron chi connectivity index (χ4n) is 0.620. The summed E-state index contributed by atoms with van der Waals surface area (Å²) in [6, 6.07) is 0. The third-order valence-corrected chi connectivity index (χ3v) is 1.14. The molecule has 0 fully saturated rings. The van der Waals surface area contributed by atoms with Crippen LogP contribution in [-0.2, 0) is 0 Å². The lowest BCUT2D eigenvalue weighted by atomic mass is 10.5. The second-order valence-corrected chi connectivity index (χ2v) is 2.03. The van der Waals surface area contributed by atoms with Crippen LogP contribution in [-0.4, -0.2) is 23.1 Å². The topological polar surface area (TPSA) is 61.0 Å². The van der Waals surface area contributed by atoms with Gasteiger partial charge in [-0.15, -0.1) is 0 Å². The molecule has 0 aliphatic carbocycles. The molecule has 0 saturated heterocycles. The molecule has 4 heteroatoms. The molecule has 0 bridgehead atoms. The highest BCUT2D eigenvalue weighted by Crippen LogP contribution is 2.00. The van der Waals surface area contributed by atoms with Gasteiger partial charge in [0.1, 0.15) is 0 Å². The lowest BCUT2D eigenvalue weighted by molar-refractivity contribution is 0.300. The van der Waals surface area contributed by atoms with E-state index in [-0.39, 0.29) is 0 Å². The first-order chi connectivity index (χ1) is 5.43. The van der Waals surface area contributed by atoms with Crippen LogP contribution in [0.2, 0.25) is 0 Å². The summed E-state index contributed by atoms with van der Waals surface area (Å²) in [4.78, 5) is 7.77. The maximum absolute atomic E-state index is 5.28. The fourth-order valence-corrected chi connectivity index (χ4v) is 0.620. The second-order valence-electron chi connectivity index (χ2n) is 2.03. The molecule has 0 atom stereocenters. The van der Waals surface area contributed by atoms with Crippen molar-refractivity contribution >= 4 is 0 Å². The zero-order valence-corrected chi connectivity index (χ0v) is 6.23. The van der Waals surface area contributed by atoms with Gasteiger partial charge in [0.15, 0.2) is 0 Å². The number of hydrogen-bond donors (Lipinski definition) is 1. The monoisotopic (exact) mass is 153 g/mol. The first-order valence-electron chi connectivity index (χ1n) is 3.52. The van der Waals surface area contributed by atoms with Gasteiger partial charge in [-0.05, 0) is 13.0 Å². The Labute approximate surface area is 65.4 Å². The molecule has 0 saturated carbocycles. The minimum atomic E-state index is 0.556. The predicted octanol–water partition coefficient (Wildman–Crippen LogP) is 0.204. The zero-order valence-electron chi connectivity index (χ0n) is 6.23. The molecule has 60 valence electrons. The van der Waals surface area contributed by atoms with E-state index in [2.05, 4.69) is 9.97 Å². The van der Waals surface area contributed by atoms with E-state index in [0.29, 0.717) is 19.0 Å². The fraction of sp³-hybridized carbons (Fsp3) is 0.429. The van der Waals surface area contributed by atoms with E-state index in [0.717, 1.165) is 6.42 Å². The molecule has 1 aromatic rings. The van der Waals surface area contributed by atoms with Gasteiger partial charge < -0.3 is 10.5 Å². The van der Waals surface area contributed by atoms with Crippen LogP contribution in [0.5, 0.6) is 5.88 Å². The molecular formula is C7H11N3O. The van der Waals surface area contributed by atoms with Crippen molar-refractivity contribution < 1.29 is 4.74 Å². The van der Waals surface area contributed by atoms with Crippen molar-refractivity contribution in [2.45, 2.75) is 6.42 Å². The minimum absolute atomic E-state index is 0.556. The Morgan fingerprint density at radius 1 is 1.45 bits per heavy atom. The standard InChI is InChI=1S/C7H11N3O/c8-2-1-5-11-7-6-9-3-4-10-7/h3-4,6H,1-2,5,8H2. The van der Waals surface area contributed by atoms with E-state index in [1.807, 2.05) is 0 Å². The first-order valence-corrected chi connectivity index (χ1v) is 3.52. The summed E-state index contributed by atoms with van der Waals surface area (Å²) >= 11 is 0. The Morgan fingerprint density at radius 2 is 2.36 bits per heavy atom. The summed E-state index contributed by atoms with van der Waals surface area (Å²) in [6.07, 6.45) is 5.63. The molecule has 0 aromatic carbocycles. The number of hydrogen-bond acceptors (Lipinski definition) is 4. The molecule has 0 spiro atoms. The smallest absolute Gasteiger partial charge is 0.232 e. The van der Waals surface area contributed by atoms with Gasteiger partial charge in [-0.2, -0.15) is 0 Å². The van der Waals surface area contributed by atoms with Gasteiger partial charge in [-0.1, -0.05) is 0 Å². The molecular weight excluding hydrogens is 142 g/mol. The van der Waals surface area contributed by atoms with Gasteiger partial charge in [0.05, 0.1) is 12.8 Å². The Bertz CT molecular complexity index is 190. The van der Waals surface area contributed by atoms with Gasteiger partial charge in [0.2, 0.25) is 5.88 Å². The zero-order chi connectivity index (χ0) is 7.94. The molecule has 4 nitrogen and oxygen atoms in total. The van der Waals surface area contributed by atoms with Gasteiger partial charge in [-0.25, -0.2) is 4.98 Å². The van der Waals surface area contributed by atoms with Crippen molar-refractivity contribution in [2.24, 2.45) is 5.73 Å². The van der Waals surface area contributed by atoms with Crippen molar-refractivity contribution in [3.05, 3.63) is 18.6 Å². The van der Waals surface area contributed by atoms with Crippen LogP contribution < -0.4 is 10.5 Å². The van der Waals surface area contributed by atoms with Crippen molar-refractivity contribution in [1.82, 2.24) is 9.97 Å². The number of nitrogens with zero attached hydrogens (tertiary/aromatic N) is 2. The Morgan fingerprint density at radius 3 is 3.00 bits per heavy atom. The van der Waals surface area contributed by atoms with Crippen LogP contribution in [0.25, 0.3) is 0 Å². The van der Waals surface area contributed by atoms with Gasteiger partial charge in [0, 0.05) is 12.4 Å². The first kappa shape index (κ1) is 7.94. The Kier molecular flexibility index (Phi) is 3.34. The van der Waals surface area contributed by atoms with Crippen molar-refractivity contribution in [2.75, 3.05) is 13.2 Å². The summed E-state index contributed by atoms with van der Waals surface area (Å²) in [5.41, 5.74) is 5.28. The van der Waals surface area contributed by atoms with E-state index in [4.69, 9.17) is 10.5 Å². The molecule has 0 amide bonds. The summed E-state index contributed by atoms with van der Waals surface area (Å²) in [7, 11) is 0. The lowest BCUT2D eigenvalue weighted by Crippen LogP contribution is -2.06.